The third kappa shape index (κ3) is 5.58. The van der Waals surface area contributed by atoms with Crippen LogP contribution in [0, 0.1) is 0 Å². The topological polar surface area (TPSA) is 76.7 Å². The number of benzene rings is 2. The van der Waals surface area contributed by atoms with Gasteiger partial charge in [0.1, 0.15) is 5.75 Å². The molecule has 1 amide bonds. The molecule has 0 aliphatic carbocycles. The summed E-state index contributed by atoms with van der Waals surface area (Å²) in [6.07, 6.45) is 0.201. The zero-order valence-corrected chi connectivity index (χ0v) is 14.7. The molecule has 0 unspecified atom stereocenters. The van der Waals surface area contributed by atoms with Gasteiger partial charge in [0.25, 0.3) is 0 Å². The second-order valence-corrected chi connectivity index (χ2v) is 5.50. The second kappa shape index (κ2) is 8.79. The van der Waals surface area contributed by atoms with E-state index < -0.39 is 5.97 Å². The van der Waals surface area contributed by atoms with Crippen LogP contribution in [0.5, 0.6) is 5.75 Å². The van der Waals surface area contributed by atoms with Crippen LogP contribution in [0.2, 0.25) is 0 Å². The summed E-state index contributed by atoms with van der Waals surface area (Å²) in [7, 11) is 2.91. The molecule has 7 heteroatoms. The van der Waals surface area contributed by atoms with Gasteiger partial charge in [-0.3, -0.25) is 4.79 Å². The van der Waals surface area contributed by atoms with E-state index in [0.29, 0.717) is 11.3 Å². The maximum atomic E-state index is 12.0. The quantitative estimate of drug-likeness (QED) is 0.632. The Balaban J connectivity index is 1.86. The van der Waals surface area contributed by atoms with Gasteiger partial charge in [0.2, 0.25) is 5.91 Å². The van der Waals surface area contributed by atoms with Crippen LogP contribution in [0.3, 0.4) is 0 Å². The van der Waals surface area contributed by atoms with Gasteiger partial charge < -0.3 is 20.1 Å². The lowest BCUT2D eigenvalue weighted by molar-refractivity contribution is -0.119. The third-order valence-corrected chi connectivity index (χ3v) is 3.54. The number of amides is 1. The molecule has 0 spiro atoms. The molecule has 2 aromatic carbocycles. The average molecular weight is 358 g/mol. The van der Waals surface area contributed by atoms with Gasteiger partial charge in [-0.25, -0.2) is 4.79 Å². The van der Waals surface area contributed by atoms with E-state index in [9.17, 15) is 9.59 Å². The van der Waals surface area contributed by atoms with Crippen molar-refractivity contribution in [1.29, 1.82) is 0 Å². The van der Waals surface area contributed by atoms with Crippen molar-refractivity contribution in [3.63, 3.8) is 0 Å². The summed E-state index contributed by atoms with van der Waals surface area (Å²) < 4.78 is 9.71. The molecule has 0 aliphatic heterocycles. The molecule has 0 saturated carbocycles. The molecule has 0 saturated heterocycles. The monoisotopic (exact) mass is 358 g/mol. The second-order valence-electron chi connectivity index (χ2n) is 5.10. The molecule has 0 atom stereocenters. The summed E-state index contributed by atoms with van der Waals surface area (Å²) in [5.74, 6) is 0.0903. The number of carbonyl (C=O) groups is 2. The predicted octanol–water partition coefficient (Wildman–Crippen LogP) is 2.54. The molecule has 0 heterocycles. The summed E-state index contributed by atoms with van der Waals surface area (Å²) in [4.78, 5) is 23.4. The Morgan fingerprint density at radius 3 is 2.20 bits per heavy atom. The van der Waals surface area contributed by atoms with Crippen molar-refractivity contribution in [1.82, 2.24) is 5.32 Å². The maximum absolute atomic E-state index is 12.0. The Kier molecular flexibility index (Phi) is 6.47. The number of ether oxygens (including phenoxy) is 2. The lowest BCUT2D eigenvalue weighted by Crippen LogP contribution is -2.35. The summed E-state index contributed by atoms with van der Waals surface area (Å²) >= 11 is 5.12. The van der Waals surface area contributed by atoms with E-state index in [-0.39, 0.29) is 17.4 Å². The largest absolute Gasteiger partial charge is 0.497 e. The molecule has 0 fully saturated rings. The summed E-state index contributed by atoms with van der Waals surface area (Å²) in [6, 6.07) is 13.8. The first-order valence-corrected chi connectivity index (χ1v) is 7.85. The Hall–Kier alpha value is -2.93. The van der Waals surface area contributed by atoms with E-state index in [1.54, 1.807) is 43.5 Å². The van der Waals surface area contributed by atoms with Gasteiger partial charge >= 0.3 is 5.97 Å². The first-order chi connectivity index (χ1) is 12.0. The maximum Gasteiger partial charge on any atom is 0.337 e. The minimum atomic E-state index is -0.415. The smallest absolute Gasteiger partial charge is 0.337 e. The Morgan fingerprint density at radius 2 is 1.64 bits per heavy atom. The van der Waals surface area contributed by atoms with Crippen LogP contribution < -0.4 is 15.4 Å². The standard InChI is InChI=1S/C18H18N2O4S/c1-23-15-9-3-12(4-10-15)11-16(21)20-18(25)19-14-7-5-13(6-8-14)17(22)24-2/h3-10H,11H2,1-2H3,(H2,19,20,21,25). The van der Waals surface area contributed by atoms with Gasteiger partial charge in [0.15, 0.2) is 5.11 Å². The highest BCUT2D eigenvalue weighted by molar-refractivity contribution is 7.80. The number of anilines is 1. The minimum Gasteiger partial charge on any atom is -0.497 e. The Morgan fingerprint density at radius 1 is 1.00 bits per heavy atom. The van der Waals surface area contributed by atoms with Crippen LogP contribution in [0.25, 0.3) is 0 Å². The van der Waals surface area contributed by atoms with Gasteiger partial charge in [-0.05, 0) is 54.2 Å². The predicted molar refractivity (Wildman–Crippen MR) is 98.8 cm³/mol. The molecule has 2 N–H and O–H groups in total. The van der Waals surface area contributed by atoms with E-state index in [0.717, 1.165) is 11.3 Å². The van der Waals surface area contributed by atoms with Crippen molar-refractivity contribution in [2.24, 2.45) is 0 Å². The van der Waals surface area contributed by atoms with E-state index in [4.69, 9.17) is 17.0 Å². The van der Waals surface area contributed by atoms with Gasteiger partial charge in [-0.1, -0.05) is 12.1 Å². The fourth-order valence-electron chi connectivity index (χ4n) is 2.07. The van der Waals surface area contributed by atoms with Crippen molar-refractivity contribution in [3.05, 3.63) is 59.7 Å². The molecular formula is C18H18N2O4S. The number of methoxy groups -OCH3 is 2. The first-order valence-electron chi connectivity index (χ1n) is 7.44. The van der Waals surface area contributed by atoms with Crippen molar-refractivity contribution >= 4 is 34.9 Å². The van der Waals surface area contributed by atoms with E-state index in [1.165, 1.54) is 7.11 Å². The van der Waals surface area contributed by atoms with E-state index in [2.05, 4.69) is 15.4 Å². The molecule has 2 rings (SSSR count). The Labute approximate surface area is 151 Å². The molecule has 130 valence electrons. The number of hydrogen-bond acceptors (Lipinski definition) is 5. The molecular weight excluding hydrogens is 340 g/mol. The lowest BCUT2D eigenvalue weighted by atomic mass is 10.1. The number of carbonyl (C=O) groups excluding carboxylic acids is 2. The summed E-state index contributed by atoms with van der Waals surface area (Å²) in [5, 5.41) is 5.69. The van der Waals surface area contributed by atoms with Crippen molar-refractivity contribution in [2.75, 3.05) is 19.5 Å². The molecule has 0 bridgehead atoms. The molecule has 0 aliphatic rings. The van der Waals surface area contributed by atoms with E-state index >= 15 is 0 Å². The molecule has 25 heavy (non-hydrogen) atoms. The van der Waals surface area contributed by atoms with Gasteiger partial charge in [-0.2, -0.15) is 0 Å². The van der Waals surface area contributed by atoms with Gasteiger partial charge in [0.05, 0.1) is 26.2 Å². The van der Waals surface area contributed by atoms with Crippen molar-refractivity contribution < 1.29 is 19.1 Å². The average Bonchev–Trinajstić information content (AvgIpc) is 2.62. The first kappa shape index (κ1) is 18.4. The van der Waals surface area contributed by atoms with Gasteiger partial charge in [-0.15, -0.1) is 0 Å². The van der Waals surface area contributed by atoms with Crippen molar-refractivity contribution in [3.8, 4) is 5.75 Å². The number of nitrogens with one attached hydrogen (secondary N) is 2. The zero-order valence-electron chi connectivity index (χ0n) is 13.9. The highest BCUT2D eigenvalue weighted by Crippen LogP contribution is 2.12. The SMILES string of the molecule is COC(=O)c1ccc(NC(=S)NC(=O)Cc2ccc(OC)cc2)cc1. The third-order valence-electron chi connectivity index (χ3n) is 3.34. The summed E-state index contributed by atoms with van der Waals surface area (Å²) in [5.41, 5.74) is 1.94. The van der Waals surface area contributed by atoms with Crippen LogP contribution in [0.15, 0.2) is 48.5 Å². The highest BCUT2D eigenvalue weighted by atomic mass is 32.1. The minimum absolute atomic E-state index is 0.185. The van der Waals surface area contributed by atoms with Gasteiger partial charge in [0, 0.05) is 5.69 Å². The van der Waals surface area contributed by atoms with Crippen LogP contribution in [0.4, 0.5) is 5.69 Å². The Bertz CT molecular complexity index is 758. The lowest BCUT2D eigenvalue weighted by Gasteiger charge is -2.10. The normalized spacial score (nSPS) is 9.84. The number of esters is 1. The highest BCUT2D eigenvalue weighted by Gasteiger charge is 2.08. The van der Waals surface area contributed by atoms with Crippen LogP contribution in [0.1, 0.15) is 15.9 Å². The van der Waals surface area contributed by atoms with Crippen LogP contribution in [-0.2, 0) is 16.0 Å². The fraction of sp³-hybridized carbons (Fsp3) is 0.167. The van der Waals surface area contributed by atoms with Crippen LogP contribution in [-0.4, -0.2) is 31.2 Å². The summed E-state index contributed by atoms with van der Waals surface area (Å²) in [6.45, 7) is 0. The van der Waals surface area contributed by atoms with Crippen LogP contribution >= 0.6 is 12.2 Å². The number of hydrogen-bond donors (Lipinski definition) is 2. The fourth-order valence-corrected chi connectivity index (χ4v) is 2.30. The molecule has 6 nitrogen and oxygen atoms in total. The van der Waals surface area contributed by atoms with Crippen molar-refractivity contribution in [2.45, 2.75) is 6.42 Å². The number of thiocarbonyl (C=S) groups is 1. The van der Waals surface area contributed by atoms with E-state index in [1.807, 2.05) is 12.1 Å². The molecule has 0 aromatic heterocycles. The molecule has 2 aromatic rings. The molecule has 0 radical (unpaired) electrons. The number of rotatable bonds is 5. The zero-order chi connectivity index (χ0) is 18.2.